The third-order valence-electron chi connectivity index (χ3n) is 3.75. The van der Waals surface area contributed by atoms with Crippen LogP contribution in [-0.4, -0.2) is 10.9 Å². The van der Waals surface area contributed by atoms with Crippen molar-refractivity contribution < 1.29 is 9.18 Å². The fourth-order valence-electron chi connectivity index (χ4n) is 2.46. The molecule has 0 spiro atoms. The Bertz CT molecular complexity index is 966. The molecule has 0 aliphatic heterocycles. The van der Waals surface area contributed by atoms with E-state index >= 15 is 0 Å². The number of carbonyl (C=O) groups is 1. The van der Waals surface area contributed by atoms with Crippen LogP contribution >= 0.6 is 11.6 Å². The first-order chi connectivity index (χ1) is 12.6. The molecule has 0 fully saturated rings. The van der Waals surface area contributed by atoms with Gasteiger partial charge in [0.1, 0.15) is 11.0 Å². The lowest BCUT2D eigenvalue weighted by atomic mass is 10.1. The average Bonchev–Trinajstić information content (AvgIpc) is 2.68. The van der Waals surface area contributed by atoms with Gasteiger partial charge in [-0.05, 0) is 54.1 Å². The van der Waals surface area contributed by atoms with Crippen molar-refractivity contribution in [1.82, 2.24) is 4.98 Å². The molecule has 0 saturated heterocycles. The van der Waals surface area contributed by atoms with Gasteiger partial charge < -0.3 is 4.90 Å². The maximum atomic E-state index is 13.3. The summed E-state index contributed by atoms with van der Waals surface area (Å²) in [5.74, 6) is -0.690. The zero-order valence-electron chi connectivity index (χ0n) is 13.6. The van der Waals surface area contributed by atoms with Crippen LogP contribution < -0.4 is 4.90 Å². The van der Waals surface area contributed by atoms with Gasteiger partial charge in [-0.15, -0.1) is 0 Å². The van der Waals surface area contributed by atoms with Crippen molar-refractivity contribution in [2.45, 2.75) is 6.54 Å². The second-order valence-electron chi connectivity index (χ2n) is 5.55. The fourth-order valence-corrected chi connectivity index (χ4v) is 2.57. The first kappa shape index (κ1) is 17.6. The largest absolute Gasteiger partial charge is 0.304 e. The van der Waals surface area contributed by atoms with E-state index in [-0.39, 0.29) is 18.3 Å². The van der Waals surface area contributed by atoms with Gasteiger partial charge >= 0.3 is 0 Å². The summed E-state index contributed by atoms with van der Waals surface area (Å²) < 4.78 is 13.3. The van der Waals surface area contributed by atoms with E-state index in [4.69, 9.17) is 16.9 Å². The minimum absolute atomic E-state index is 0.228. The van der Waals surface area contributed by atoms with E-state index in [1.54, 1.807) is 36.5 Å². The number of carbonyl (C=O) groups excluding carboxylic acids is 1. The molecular weight excluding hydrogens is 353 g/mol. The number of benzene rings is 2. The number of nitriles is 1. The summed E-state index contributed by atoms with van der Waals surface area (Å²) in [6.45, 7) is 0.228. The van der Waals surface area contributed by atoms with Crippen LogP contribution in [0.4, 0.5) is 10.1 Å². The van der Waals surface area contributed by atoms with Gasteiger partial charge in [-0.1, -0.05) is 23.7 Å². The standard InChI is InChI=1S/C20H13ClFN3O/c21-19-9-4-15(12-24-19)13-25(18-7-5-17(22)6-8-18)20(26)16-3-1-2-14(10-16)11-23/h1-10,12H,13H2. The van der Waals surface area contributed by atoms with Crippen LogP contribution in [0.5, 0.6) is 0 Å². The molecule has 26 heavy (non-hydrogen) atoms. The number of anilines is 1. The molecule has 0 unspecified atom stereocenters. The molecule has 1 heterocycles. The van der Waals surface area contributed by atoms with Gasteiger partial charge in [-0.2, -0.15) is 5.26 Å². The number of hydrogen-bond acceptors (Lipinski definition) is 3. The average molecular weight is 366 g/mol. The summed E-state index contributed by atoms with van der Waals surface area (Å²) in [5.41, 5.74) is 2.07. The van der Waals surface area contributed by atoms with Crippen LogP contribution in [0.3, 0.4) is 0 Å². The molecule has 3 rings (SSSR count). The van der Waals surface area contributed by atoms with Crippen molar-refractivity contribution >= 4 is 23.2 Å². The van der Waals surface area contributed by atoms with Crippen molar-refractivity contribution in [2.24, 2.45) is 0 Å². The summed E-state index contributed by atoms with van der Waals surface area (Å²) in [6, 6.07) is 17.5. The summed E-state index contributed by atoms with van der Waals surface area (Å²) in [4.78, 5) is 18.6. The normalized spacial score (nSPS) is 10.2. The Labute approximate surface area is 155 Å². The quantitative estimate of drug-likeness (QED) is 0.635. The monoisotopic (exact) mass is 365 g/mol. The molecule has 6 heteroatoms. The van der Waals surface area contributed by atoms with E-state index in [0.717, 1.165) is 5.56 Å². The van der Waals surface area contributed by atoms with Gasteiger partial charge in [-0.25, -0.2) is 9.37 Å². The number of halogens is 2. The van der Waals surface area contributed by atoms with Crippen LogP contribution in [-0.2, 0) is 6.54 Å². The van der Waals surface area contributed by atoms with Crippen molar-refractivity contribution in [3.63, 3.8) is 0 Å². The number of amides is 1. The van der Waals surface area contributed by atoms with Crippen LogP contribution in [0, 0.1) is 17.1 Å². The lowest BCUT2D eigenvalue weighted by Gasteiger charge is -2.23. The fraction of sp³-hybridized carbons (Fsp3) is 0.0500. The van der Waals surface area contributed by atoms with Gasteiger partial charge in [0.05, 0.1) is 18.2 Å². The molecule has 0 aliphatic rings. The Balaban J connectivity index is 1.98. The van der Waals surface area contributed by atoms with Crippen molar-refractivity contribution in [1.29, 1.82) is 5.26 Å². The summed E-state index contributed by atoms with van der Waals surface area (Å²) in [7, 11) is 0. The SMILES string of the molecule is N#Cc1cccc(C(=O)N(Cc2ccc(Cl)nc2)c2ccc(F)cc2)c1. The first-order valence-electron chi connectivity index (χ1n) is 7.75. The zero-order chi connectivity index (χ0) is 18.5. The molecule has 0 saturated carbocycles. The number of pyridine rings is 1. The first-order valence-corrected chi connectivity index (χ1v) is 8.12. The molecule has 0 aliphatic carbocycles. The number of aromatic nitrogens is 1. The van der Waals surface area contributed by atoms with E-state index in [1.807, 2.05) is 6.07 Å². The molecular formula is C20H13ClFN3O. The topological polar surface area (TPSA) is 57.0 Å². The molecule has 1 amide bonds. The van der Waals surface area contributed by atoms with E-state index in [2.05, 4.69) is 4.98 Å². The Kier molecular flexibility index (Phi) is 5.26. The highest BCUT2D eigenvalue weighted by atomic mass is 35.5. The van der Waals surface area contributed by atoms with E-state index in [0.29, 0.717) is 22.0 Å². The van der Waals surface area contributed by atoms with Gasteiger partial charge in [-0.3, -0.25) is 4.79 Å². The third-order valence-corrected chi connectivity index (χ3v) is 3.97. The molecule has 0 atom stereocenters. The number of rotatable bonds is 4. The number of hydrogen-bond donors (Lipinski definition) is 0. The van der Waals surface area contributed by atoms with E-state index < -0.39 is 0 Å². The second kappa shape index (κ2) is 7.77. The van der Waals surface area contributed by atoms with Crippen molar-refractivity contribution in [2.75, 3.05) is 4.90 Å². The van der Waals surface area contributed by atoms with E-state index in [1.165, 1.54) is 35.2 Å². The predicted octanol–water partition coefficient (Wildman–Crippen LogP) is 4.59. The third kappa shape index (κ3) is 4.05. The Morgan fingerprint density at radius 3 is 2.58 bits per heavy atom. The van der Waals surface area contributed by atoms with Gasteiger partial charge in [0.2, 0.25) is 0 Å². The Morgan fingerprint density at radius 1 is 1.15 bits per heavy atom. The maximum Gasteiger partial charge on any atom is 0.258 e. The Morgan fingerprint density at radius 2 is 1.92 bits per heavy atom. The summed E-state index contributed by atoms with van der Waals surface area (Å²) in [5, 5.41) is 9.41. The molecule has 0 N–H and O–H groups in total. The van der Waals surface area contributed by atoms with Crippen LogP contribution in [0.1, 0.15) is 21.5 Å². The molecule has 0 radical (unpaired) electrons. The van der Waals surface area contributed by atoms with Gasteiger partial charge in [0.25, 0.3) is 5.91 Å². The van der Waals surface area contributed by atoms with Crippen LogP contribution in [0.25, 0.3) is 0 Å². The molecule has 3 aromatic rings. The van der Waals surface area contributed by atoms with Gasteiger partial charge in [0.15, 0.2) is 0 Å². The minimum Gasteiger partial charge on any atom is -0.304 e. The molecule has 1 aromatic heterocycles. The molecule has 0 bridgehead atoms. The highest BCUT2D eigenvalue weighted by Gasteiger charge is 2.19. The maximum absolute atomic E-state index is 13.3. The zero-order valence-corrected chi connectivity index (χ0v) is 14.3. The van der Waals surface area contributed by atoms with Crippen LogP contribution in [0.2, 0.25) is 5.15 Å². The highest BCUT2D eigenvalue weighted by molar-refractivity contribution is 6.29. The summed E-state index contributed by atoms with van der Waals surface area (Å²) in [6.07, 6.45) is 1.58. The van der Waals surface area contributed by atoms with Crippen LogP contribution in [0.15, 0.2) is 66.9 Å². The van der Waals surface area contributed by atoms with Crippen molar-refractivity contribution in [3.8, 4) is 6.07 Å². The molecule has 4 nitrogen and oxygen atoms in total. The van der Waals surface area contributed by atoms with Crippen molar-refractivity contribution in [3.05, 3.63) is 94.5 Å². The lowest BCUT2D eigenvalue weighted by Crippen LogP contribution is -2.30. The second-order valence-corrected chi connectivity index (χ2v) is 5.94. The number of nitrogens with zero attached hydrogens (tertiary/aromatic N) is 3. The Hall–Kier alpha value is -3.23. The minimum atomic E-state index is -0.388. The predicted molar refractivity (Wildman–Crippen MR) is 97.3 cm³/mol. The van der Waals surface area contributed by atoms with Gasteiger partial charge in [0, 0.05) is 17.4 Å². The smallest absolute Gasteiger partial charge is 0.258 e. The molecule has 2 aromatic carbocycles. The molecule has 128 valence electrons. The van der Waals surface area contributed by atoms with E-state index in [9.17, 15) is 9.18 Å². The summed E-state index contributed by atoms with van der Waals surface area (Å²) >= 11 is 5.81. The lowest BCUT2D eigenvalue weighted by molar-refractivity contribution is 0.0985. The highest BCUT2D eigenvalue weighted by Crippen LogP contribution is 2.21.